The van der Waals surface area contributed by atoms with Crippen molar-refractivity contribution in [1.29, 1.82) is 0 Å². The zero-order valence-corrected chi connectivity index (χ0v) is 10.1. The zero-order valence-electron chi connectivity index (χ0n) is 9.30. The Balaban J connectivity index is 2.14. The van der Waals surface area contributed by atoms with Gasteiger partial charge >= 0.3 is 0 Å². The summed E-state index contributed by atoms with van der Waals surface area (Å²) in [5.74, 6) is 0.239. The maximum atomic E-state index is 11.8. The van der Waals surface area contributed by atoms with Gasteiger partial charge in [-0.25, -0.2) is 4.98 Å². The molecule has 1 aromatic heterocycles. The molecule has 4 nitrogen and oxygen atoms in total. The van der Waals surface area contributed by atoms with Crippen LogP contribution < -0.4 is 0 Å². The Hall–Kier alpha value is -0.940. The molecule has 0 bridgehead atoms. The minimum Gasteiger partial charge on any atom is -0.396 e. The van der Waals surface area contributed by atoms with E-state index >= 15 is 0 Å². The molecule has 1 fully saturated rings. The minimum atomic E-state index is 0.0871. The second-order valence-electron chi connectivity index (χ2n) is 4.09. The van der Waals surface area contributed by atoms with Crippen LogP contribution >= 0.6 is 11.3 Å². The molecular formula is C11H16N2O2S. The average Bonchev–Trinajstić information content (AvgIpc) is 2.91. The molecule has 1 amide bonds. The third kappa shape index (κ3) is 2.10. The molecule has 2 heterocycles. The molecule has 1 aliphatic heterocycles. The quantitative estimate of drug-likeness (QED) is 0.866. The van der Waals surface area contributed by atoms with Gasteiger partial charge in [-0.2, -0.15) is 0 Å². The Labute approximate surface area is 98.9 Å². The van der Waals surface area contributed by atoms with Crippen molar-refractivity contribution in [2.45, 2.75) is 25.8 Å². The molecule has 0 aromatic carbocycles. The van der Waals surface area contributed by atoms with Gasteiger partial charge in [-0.15, -0.1) is 11.3 Å². The molecule has 2 unspecified atom stereocenters. The van der Waals surface area contributed by atoms with Crippen LogP contribution in [0.3, 0.4) is 0 Å². The van der Waals surface area contributed by atoms with Gasteiger partial charge in [0, 0.05) is 37.1 Å². The summed E-state index contributed by atoms with van der Waals surface area (Å²) in [6.45, 7) is 2.82. The summed E-state index contributed by atoms with van der Waals surface area (Å²) in [6.07, 6.45) is 3.11. The van der Waals surface area contributed by atoms with Gasteiger partial charge in [-0.1, -0.05) is 6.92 Å². The number of nitrogens with zero attached hydrogens (tertiary/aromatic N) is 2. The third-order valence-corrected chi connectivity index (χ3v) is 3.87. The Morgan fingerprint density at radius 3 is 3.06 bits per heavy atom. The largest absolute Gasteiger partial charge is 0.396 e. The normalized spacial score (nSPS) is 22.8. The molecule has 0 aliphatic carbocycles. The molecule has 2 rings (SSSR count). The number of aromatic nitrogens is 1. The van der Waals surface area contributed by atoms with E-state index in [1.807, 2.05) is 10.3 Å². The van der Waals surface area contributed by atoms with Gasteiger partial charge in [0.25, 0.3) is 0 Å². The highest BCUT2D eigenvalue weighted by molar-refractivity contribution is 7.09. The Morgan fingerprint density at radius 1 is 1.75 bits per heavy atom. The lowest BCUT2D eigenvalue weighted by Gasteiger charge is -2.25. The van der Waals surface area contributed by atoms with Crippen LogP contribution in [0.5, 0.6) is 0 Å². The molecule has 0 spiro atoms. The average molecular weight is 240 g/mol. The number of carbonyl (C=O) groups is 1. The molecule has 2 atom stereocenters. The first-order valence-electron chi connectivity index (χ1n) is 5.56. The van der Waals surface area contributed by atoms with E-state index in [4.69, 9.17) is 5.11 Å². The molecule has 88 valence electrons. The van der Waals surface area contributed by atoms with Crippen LogP contribution in [0, 0.1) is 5.92 Å². The first kappa shape index (κ1) is 11.5. The molecule has 5 heteroatoms. The van der Waals surface area contributed by atoms with E-state index in [9.17, 15) is 4.79 Å². The van der Waals surface area contributed by atoms with Crippen LogP contribution in [0.2, 0.25) is 0 Å². The van der Waals surface area contributed by atoms with Crippen LogP contribution in [-0.2, 0) is 4.79 Å². The number of amides is 1. The SMILES string of the molecule is CCC(c1nccs1)N1CC(CO)CC1=O. The van der Waals surface area contributed by atoms with Gasteiger partial charge in [0.1, 0.15) is 5.01 Å². The number of hydrogen-bond acceptors (Lipinski definition) is 4. The van der Waals surface area contributed by atoms with Crippen molar-refractivity contribution < 1.29 is 9.90 Å². The number of hydrogen-bond donors (Lipinski definition) is 1. The fourth-order valence-electron chi connectivity index (χ4n) is 2.16. The fourth-order valence-corrected chi connectivity index (χ4v) is 2.99. The first-order valence-corrected chi connectivity index (χ1v) is 6.44. The highest BCUT2D eigenvalue weighted by Gasteiger charge is 2.34. The van der Waals surface area contributed by atoms with Crippen molar-refractivity contribution in [3.05, 3.63) is 16.6 Å². The summed E-state index contributed by atoms with van der Waals surface area (Å²) in [4.78, 5) is 18.0. The molecule has 0 saturated carbocycles. The number of aliphatic hydroxyl groups excluding tert-OH is 1. The topological polar surface area (TPSA) is 53.4 Å². The predicted molar refractivity (Wildman–Crippen MR) is 62.1 cm³/mol. The highest BCUT2D eigenvalue weighted by Crippen LogP contribution is 2.31. The van der Waals surface area contributed by atoms with Gasteiger partial charge in [0.05, 0.1) is 6.04 Å². The van der Waals surface area contributed by atoms with Gasteiger partial charge in [0.15, 0.2) is 0 Å². The summed E-state index contributed by atoms with van der Waals surface area (Å²) in [5, 5.41) is 12.0. The van der Waals surface area contributed by atoms with Crippen LogP contribution in [0.4, 0.5) is 0 Å². The number of thiazole rings is 1. The molecule has 0 radical (unpaired) electrons. The van der Waals surface area contributed by atoms with E-state index in [0.29, 0.717) is 13.0 Å². The maximum Gasteiger partial charge on any atom is 0.223 e. The van der Waals surface area contributed by atoms with Crippen molar-refractivity contribution >= 4 is 17.2 Å². The number of likely N-dealkylation sites (tertiary alicyclic amines) is 1. The minimum absolute atomic E-state index is 0.0871. The van der Waals surface area contributed by atoms with Crippen LogP contribution in [0.1, 0.15) is 30.8 Å². The summed E-state index contributed by atoms with van der Waals surface area (Å²) >= 11 is 1.59. The van der Waals surface area contributed by atoms with Gasteiger partial charge < -0.3 is 10.0 Å². The van der Waals surface area contributed by atoms with Gasteiger partial charge in [-0.3, -0.25) is 4.79 Å². The van der Waals surface area contributed by atoms with E-state index in [2.05, 4.69) is 11.9 Å². The van der Waals surface area contributed by atoms with E-state index in [0.717, 1.165) is 11.4 Å². The molecule has 1 aromatic rings. The fraction of sp³-hybridized carbons (Fsp3) is 0.636. The van der Waals surface area contributed by atoms with Gasteiger partial charge in [0.2, 0.25) is 5.91 Å². The maximum absolute atomic E-state index is 11.8. The zero-order chi connectivity index (χ0) is 11.5. The van der Waals surface area contributed by atoms with E-state index < -0.39 is 0 Å². The third-order valence-electron chi connectivity index (χ3n) is 3.00. The van der Waals surface area contributed by atoms with Crippen molar-refractivity contribution in [1.82, 2.24) is 9.88 Å². The van der Waals surface area contributed by atoms with Crippen molar-refractivity contribution in [3.8, 4) is 0 Å². The Morgan fingerprint density at radius 2 is 2.56 bits per heavy atom. The lowest BCUT2D eigenvalue weighted by atomic mass is 10.1. The lowest BCUT2D eigenvalue weighted by Crippen LogP contribution is -2.30. The van der Waals surface area contributed by atoms with Crippen molar-refractivity contribution in [3.63, 3.8) is 0 Å². The summed E-state index contributed by atoms with van der Waals surface area (Å²) in [7, 11) is 0. The van der Waals surface area contributed by atoms with Crippen molar-refractivity contribution in [2.24, 2.45) is 5.92 Å². The van der Waals surface area contributed by atoms with E-state index in [1.165, 1.54) is 0 Å². The summed E-state index contributed by atoms with van der Waals surface area (Å²) in [6, 6.07) is 0.0871. The summed E-state index contributed by atoms with van der Waals surface area (Å²) in [5.41, 5.74) is 0. The number of carbonyl (C=O) groups excluding carboxylic acids is 1. The van der Waals surface area contributed by atoms with Crippen LogP contribution in [0.15, 0.2) is 11.6 Å². The Kier molecular flexibility index (Phi) is 3.56. The standard InChI is InChI=1S/C11H16N2O2S/c1-2-9(11-12-3-4-16-11)13-6-8(7-14)5-10(13)15/h3-4,8-9,14H,2,5-7H2,1H3. The highest BCUT2D eigenvalue weighted by atomic mass is 32.1. The second-order valence-corrected chi connectivity index (χ2v) is 5.02. The molecular weight excluding hydrogens is 224 g/mol. The molecule has 1 N–H and O–H groups in total. The van der Waals surface area contributed by atoms with E-state index in [1.54, 1.807) is 17.5 Å². The first-order chi connectivity index (χ1) is 7.76. The number of rotatable bonds is 4. The van der Waals surface area contributed by atoms with Crippen molar-refractivity contribution in [2.75, 3.05) is 13.2 Å². The van der Waals surface area contributed by atoms with Crippen LogP contribution in [0.25, 0.3) is 0 Å². The smallest absolute Gasteiger partial charge is 0.223 e. The Bertz CT molecular complexity index is 353. The second kappa shape index (κ2) is 4.93. The molecule has 1 saturated heterocycles. The monoisotopic (exact) mass is 240 g/mol. The molecule has 1 aliphatic rings. The predicted octanol–water partition coefficient (Wildman–Crippen LogP) is 1.43. The summed E-state index contributed by atoms with van der Waals surface area (Å²) < 4.78 is 0. The van der Waals surface area contributed by atoms with Crippen LogP contribution in [-0.4, -0.2) is 34.0 Å². The lowest BCUT2D eigenvalue weighted by molar-refractivity contribution is -0.129. The van der Waals surface area contributed by atoms with E-state index in [-0.39, 0.29) is 24.5 Å². The number of aliphatic hydroxyl groups is 1. The molecule has 16 heavy (non-hydrogen) atoms. The van der Waals surface area contributed by atoms with Gasteiger partial charge in [-0.05, 0) is 6.42 Å².